The van der Waals surface area contributed by atoms with E-state index in [0.29, 0.717) is 18.9 Å². The SMILES string of the molecule is CCOC(=O)C(N)Cc1ccc(N2CCCCC2)c(C(C)C)c1. The van der Waals surface area contributed by atoms with Crippen LogP contribution in [0, 0.1) is 0 Å². The number of nitrogens with two attached hydrogens (primary N) is 1. The Labute approximate surface area is 140 Å². The molecular weight excluding hydrogens is 288 g/mol. The third kappa shape index (κ3) is 4.71. The van der Waals surface area contributed by atoms with Crippen LogP contribution in [0.25, 0.3) is 0 Å². The van der Waals surface area contributed by atoms with Gasteiger partial charge in [0.2, 0.25) is 0 Å². The molecule has 2 rings (SSSR count). The Balaban J connectivity index is 2.16. The standard InChI is InChI=1S/C19H30N2O2/c1-4-23-19(22)17(20)13-15-8-9-18(16(12-15)14(2)3)21-10-6-5-7-11-21/h8-9,12,14,17H,4-7,10-11,13,20H2,1-3H3. The van der Waals surface area contributed by atoms with Crippen LogP contribution in [-0.4, -0.2) is 31.7 Å². The van der Waals surface area contributed by atoms with Crippen molar-refractivity contribution in [3.05, 3.63) is 29.3 Å². The summed E-state index contributed by atoms with van der Waals surface area (Å²) >= 11 is 0. The molecule has 0 amide bonds. The van der Waals surface area contributed by atoms with E-state index in [2.05, 4.69) is 36.9 Å². The van der Waals surface area contributed by atoms with Crippen molar-refractivity contribution >= 4 is 11.7 Å². The van der Waals surface area contributed by atoms with Crippen LogP contribution < -0.4 is 10.6 Å². The average Bonchev–Trinajstić information content (AvgIpc) is 2.55. The van der Waals surface area contributed by atoms with Gasteiger partial charge in [0.1, 0.15) is 6.04 Å². The number of anilines is 1. The fraction of sp³-hybridized carbons (Fsp3) is 0.632. The summed E-state index contributed by atoms with van der Waals surface area (Å²) in [5, 5.41) is 0. The molecular formula is C19H30N2O2. The first kappa shape index (κ1) is 17.8. The summed E-state index contributed by atoms with van der Waals surface area (Å²) in [7, 11) is 0. The van der Waals surface area contributed by atoms with Crippen molar-refractivity contribution in [1.29, 1.82) is 0 Å². The molecule has 0 bridgehead atoms. The molecule has 2 N–H and O–H groups in total. The number of hydrogen-bond acceptors (Lipinski definition) is 4. The van der Waals surface area contributed by atoms with Crippen LogP contribution >= 0.6 is 0 Å². The van der Waals surface area contributed by atoms with E-state index < -0.39 is 6.04 Å². The van der Waals surface area contributed by atoms with Crippen LogP contribution in [0.4, 0.5) is 5.69 Å². The number of carbonyl (C=O) groups excluding carboxylic acids is 1. The number of piperidine rings is 1. The Bertz CT molecular complexity index is 522. The molecule has 0 aliphatic carbocycles. The van der Waals surface area contributed by atoms with Crippen LogP contribution in [0.2, 0.25) is 0 Å². The van der Waals surface area contributed by atoms with Gasteiger partial charge in [-0.15, -0.1) is 0 Å². The average molecular weight is 318 g/mol. The molecule has 1 aliphatic rings. The minimum Gasteiger partial charge on any atom is -0.465 e. The van der Waals surface area contributed by atoms with Crippen LogP contribution in [0.1, 0.15) is 57.1 Å². The highest BCUT2D eigenvalue weighted by Crippen LogP contribution is 2.31. The lowest BCUT2D eigenvalue weighted by Crippen LogP contribution is -2.34. The van der Waals surface area contributed by atoms with Gasteiger partial charge >= 0.3 is 5.97 Å². The lowest BCUT2D eigenvalue weighted by molar-refractivity contribution is -0.144. The molecule has 23 heavy (non-hydrogen) atoms. The van der Waals surface area contributed by atoms with Gasteiger partial charge < -0.3 is 15.4 Å². The zero-order valence-electron chi connectivity index (χ0n) is 14.7. The molecule has 1 fully saturated rings. The quantitative estimate of drug-likeness (QED) is 0.818. The van der Waals surface area contributed by atoms with E-state index in [4.69, 9.17) is 10.5 Å². The van der Waals surface area contributed by atoms with E-state index in [0.717, 1.165) is 18.7 Å². The molecule has 1 aromatic carbocycles. The number of benzene rings is 1. The van der Waals surface area contributed by atoms with Crippen molar-refractivity contribution in [2.75, 3.05) is 24.6 Å². The first-order valence-electron chi connectivity index (χ1n) is 8.83. The highest BCUT2D eigenvalue weighted by molar-refractivity contribution is 5.76. The van der Waals surface area contributed by atoms with Crippen LogP contribution in [-0.2, 0) is 16.0 Å². The molecule has 1 aromatic rings. The molecule has 0 aromatic heterocycles. The van der Waals surface area contributed by atoms with Crippen molar-refractivity contribution in [3.8, 4) is 0 Å². The maximum atomic E-state index is 11.7. The van der Waals surface area contributed by atoms with Crippen LogP contribution in [0.3, 0.4) is 0 Å². The van der Waals surface area contributed by atoms with E-state index in [9.17, 15) is 4.79 Å². The molecule has 1 unspecified atom stereocenters. The minimum atomic E-state index is -0.587. The molecule has 1 aliphatic heterocycles. The Morgan fingerprint density at radius 3 is 2.57 bits per heavy atom. The smallest absolute Gasteiger partial charge is 0.323 e. The fourth-order valence-corrected chi connectivity index (χ4v) is 3.20. The molecule has 0 saturated carbocycles. The largest absolute Gasteiger partial charge is 0.465 e. The van der Waals surface area contributed by atoms with Crippen molar-refractivity contribution in [2.24, 2.45) is 5.73 Å². The maximum absolute atomic E-state index is 11.7. The zero-order chi connectivity index (χ0) is 16.8. The number of carbonyl (C=O) groups is 1. The highest BCUT2D eigenvalue weighted by Gasteiger charge is 2.19. The Hall–Kier alpha value is -1.55. The highest BCUT2D eigenvalue weighted by atomic mass is 16.5. The molecule has 0 spiro atoms. The normalized spacial score (nSPS) is 16.5. The molecule has 4 nitrogen and oxygen atoms in total. The van der Waals surface area contributed by atoms with E-state index >= 15 is 0 Å². The van der Waals surface area contributed by atoms with Gasteiger partial charge in [-0.25, -0.2) is 0 Å². The molecule has 128 valence electrons. The van der Waals surface area contributed by atoms with Gasteiger partial charge in [0, 0.05) is 18.8 Å². The lowest BCUT2D eigenvalue weighted by Gasteiger charge is -2.32. The maximum Gasteiger partial charge on any atom is 0.323 e. The first-order valence-corrected chi connectivity index (χ1v) is 8.83. The van der Waals surface area contributed by atoms with E-state index in [1.165, 1.54) is 30.5 Å². The molecule has 1 saturated heterocycles. The van der Waals surface area contributed by atoms with Gasteiger partial charge in [0.05, 0.1) is 6.61 Å². The first-order chi connectivity index (χ1) is 11.0. The van der Waals surface area contributed by atoms with E-state index in [-0.39, 0.29) is 5.97 Å². The third-order valence-corrected chi connectivity index (χ3v) is 4.46. The predicted octanol–water partition coefficient (Wildman–Crippen LogP) is 3.23. The Morgan fingerprint density at radius 1 is 1.26 bits per heavy atom. The topological polar surface area (TPSA) is 55.6 Å². The molecule has 1 atom stereocenters. The van der Waals surface area contributed by atoms with Gasteiger partial charge in [0.25, 0.3) is 0 Å². The fourth-order valence-electron chi connectivity index (χ4n) is 3.20. The number of rotatable bonds is 6. The van der Waals surface area contributed by atoms with Crippen molar-refractivity contribution in [3.63, 3.8) is 0 Å². The third-order valence-electron chi connectivity index (χ3n) is 4.46. The van der Waals surface area contributed by atoms with Gasteiger partial charge in [-0.2, -0.15) is 0 Å². The summed E-state index contributed by atoms with van der Waals surface area (Å²) in [6.45, 7) is 8.89. The lowest BCUT2D eigenvalue weighted by atomic mass is 9.94. The monoisotopic (exact) mass is 318 g/mol. The number of hydrogen-bond donors (Lipinski definition) is 1. The summed E-state index contributed by atoms with van der Waals surface area (Å²) in [5.74, 6) is 0.129. The van der Waals surface area contributed by atoms with Crippen LogP contribution in [0.15, 0.2) is 18.2 Å². The van der Waals surface area contributed by atoms with Gasteiger partial charge in [-0.1, -0.05) is 26.0 Å². The van der Waals surface area contributed by atoms with E-state index in [1.54, 1.807) is 6.92 Å². The summed E-state index contributed by atoms with van der Waals surface area (Å²) in [6.07, 6.45) is 4.40. The number of ether oxygens (including phenoxy) is 1. The summed E-state index contributed by atoms with van der Waals surface area (Å²) in [5.41, 5.74) is 9.75. The van der Waals surface area contributed by atoms with Crippen molar-refractivity contribution < 1.29 is 9.53 Å². The summed E-state index contributed by atoms with van der Waals surface area (Å²) < 4.78 is 5.00. The Kier molecular flexibility index (Phi) is 6.46. The zero-order valence-corrected chi connectivity index (χ0v) is 14.7. The molecule has 0 radical (unpaired) electrons. The van der Waals surface area contributed by atoms with Gasteiger partial charge in [0.15, 0.2) is 0 Å². The second kappa shape index (κ2) is 8.34. The Morgan fingerprint density at radius 2 is 1.96 bits per heavy atom. The van der Waals surface area contributed by atoms with E-state index in [1.807, 2.05) is 0 Å². The molecule has 4 heteroatoms. The second-order valence-corrected chi connectivity index (χ2v) is 6.66. The summed E-state index contributed by atoms with van der Waals surface area (Å²) in [4.78, 5) is 14.2. The van der Waals surface area contributed by atoms with Gasteiger partial charge in [-0.3, -0.25) is 4.79 Å². The number of esters is 1. The summed E-state index contributed by atoms with van der Waals surface area (Å²) in [6, 6.07) is 5.94. The van der Waals surface area contributed by atoms with Gasteiger partial charge in [-0.05, 0) is 55.7 Å². The number of nitrogens with zero attached hydrogens (tertiary/aromatic N) is 1. The van der Waals surface area contributed by atoms with Crippen molar-refractivity contribution in [1.82, 2.24) is 0 Å². The molecule has 1 heterocycles. The van der Waals surface area contributed by atoms with Crippen molar-refractivity contribution in [2.45, 2.75) is 58.4 Å². The minimum absolute atomic E-state index is 0.321. The second-order valence-electron chi connectivity index (χ2n) is 6.66. The van der Waals surface area contributed by atoms with Crippen LogP contribution in [0.5, 0.6) is 0 Å². The predicted molar refractivity (Wildman–Crippen MR) is 94.9 cm³/mol.